The Morgan fingerprint density at radius 1 is 1.30 bits per heavy atom. The highest BCUT2D eigenvalue weighted by Gasteiger charge is 2.18. The van der Waals surface area contributed by atoms with Gasteiger partial charge in [-0.1, -0.05) is 12.1 Å². The first-order valence-corrected chi connectivity index (χ1v) is 6.12. The van der Waals surface area contributed by atoms with Crippen molar-refractivity contribution in [1.29, 1.82) is 0 Å². The van der Waals surface area contributed by atoms with Crippen molar-refractivity contribution in [3.05, 3.63) is 47.8 Å². The lowest BCUT2D eigenvalue weighted by Crippen LogP contribution is -2.25. The van der Waals surface area contributed by atoms with E-state index >= 15 is 0 Å². The summed E-state index contributed by atoms with van der Waals surface area (Å²) in [5.74, 6) is 1.04. The van der Waals surface area contributed by atoms with Crippen LogP contribution in [0.25, 0.3) is 0 Å². The quantitative estimate of drug-likeness (QED) is 0.879. The summed E-state index contributed by atoms with van der Waals surface area (Å²) in [6.45, 7) is 0.523. The van der Waals surface area contributed by atoms with Crippen molar-refractivity contribution in [2.24, 2.45) is 0 Å². The first-order chi connectivity index (χ1) is 9.75. The molecule has 0 unspecified atom stereocenters. The smallest absolute Gasteiger partial charge is 0.272 e. The van der Waals surface area contributed by atoms with Gasteiger partial charge < -0.3 is 20.5 Å². The summed E-state index contributed by atoms with van der Waals surface area (Å²) in [6, 6.07) is 8.87. The van der Waals surface area contributed by atoms with Gasteiger partial charge in [0.25, 0.3) is 5.91 Å². The molecule has 0 bridgehead atoms. The Kier molecular flexibility index (Phi) is 3.12. The molecule has 0 saturated heterocycles. The van der Waals surface area contributed by atoms with Crippen molar-refractivity contribution in [2.75, 3.05) is 12.5 Å². The summed E-state index contributed by atoms with van der Waals surface area (Å²) >= 11 is 0. The highest BCUT2D eigenvalue weighted by Crippen LogP contribution is 2.35. The second kappa shape index (κ2) is 5.08. The van der Waals surface area contributed by atoms with E-state index < -0.39 is 0 Å². The van der Waals surface area contributed by atoms with Gasteiger partial charge in [-0.25, -0.2) is 4.98 Å². The van der Waals surface area contributed by atoms with Gasteiger partial charge in [0.05, 0.1) is 5.69 Å². The number of para-hydroxylation sites is 1. The average molecular weight is 271 g/mol. The van der Waals surface area contributed by atoms with Crippen molar-refractivity contribution in [1.82, 2.24) is 10.3 Å². The SMILES string of the molecule is Nc1cccnc1C(=O)NCc1cccc2c1OCO2. The number of anilines is 1. The van der Waals surface area contributed by atoms with E-state index in [1.54, 1.807) is 12.1 Å². The van der Waals surface area contributed by atoms with E-state index in [1.165, 1.54) is 6.20 Å². The molecule has 0 aliphatic carbocycles. The summed E-state index contributed by atoms with van der Waals surface area (Å²) in [6.07, 6.45) is 1.53. The molecule has 0 radical (unpaired) electrons. The van der Waals surface area contributed by atoms with Crippen LogP contribution in [0.15, 0.2) is 36.5 Å². The van der Waals surface area contributed by atoms with Gasteiger partial charge in [0, 0.05) is 18.3 Å². The number of pyridine rings is 1. The van der Waals surface area contributed by atoms with Gasteiger partial charge in [0.2, 0.25) is 6.79 Å². The van der Waals surface area contributed by atoms with Crippen LogP contribution in [-0.2, 0) is 6.54 Å². The number of nitrogens with two attached hydrogens (primary N) is 1. The molecule has 0 atom stereocenters. The zero-order valence-electron chi connectivity index (χ0n) is 10.6. The fraction of sp³-hybridized carbons (Fsp3) is 0.143. The van der Waals surface area contributed by atoms with E-state index in [4.69, 9.17) is 15.2 Å². The number of carbonyl (C=O) groups is 1. The second-order valence-corrected chi connectivity index (χ2v) is 4.27. The molecule has 6 nitrogen and oxygen atoms in total. The molecule has 2 aromatic rings. The molecule has 0 saturated carbocycles. The van der Waals surface area contributed by atoms with Gasteiger partial charge in [-0.05, 0) is 18.2 Å². The monoisotopic (exact) mass is 271 g/mol. The number of amides is 1. The van der Waals surface area contributed by atoms with E-state index in [0.717, 1.165) is 5.56 Å². The summed E-state index contributed by atoms with van der Waals surface area (Å²) in [5, 5.41) is 2.77. The average Bonchev–Trinajstić information content (AvgIpc) is 2.94. The lowest BCUT2D eigenvalue weighted by Gasteiger charge is -2.08. The van der Waals surface area contributed by atoms with Crippen LogP contribution < -0.4 is 20.5 Å². The normalized spacial score (nSPS) is 12.2. The van der Waals surface area contributed by atoms with Crippen molar-refractivity contribution in [3.63, 3.8) is 0 Å². The number of hydrogen-bond donors (Lipinski definition) is 2. The molecule has 0 spiro atoms. The largest absolute Gasteiger partial charge is 0.454 e. The van der Waals surface area contributed by atoms with E-state index in [9.17, 15) is 4.79 Å². The van der Waals surface area contributed by atoms with Crippen molar-refractivity contribution in [3.8, 4) is 11.5 Å². The minimum absolute atomic E-state index is 0.202. The van der Waals surface area contributed by atoms with Crippen LogP contribution in [0.5, 0.6) is 11.5 Å². The Bertz CT molecular complexity index is 658. The van der Waals surface area contributed by atoms with Crippen LogP contribution in [0.1, 0.15) is 16.1 Å². The number of aromatic nitrogens is 1. The molecule has 20 heavy (non-hydrogen) atoms. The summed E-state index contributed by atoms with van der Waals surface area (Å²) in [5.41, 5.74) is 7.13. The number of nitrogens with one attached hydrogen (secondary N) is 1. The number of nitrogens with zero attached hydrogens (tertiary/aromatic N) is 1. The Morgan fingerprint density at radius 2 is 2.20 bits per heavy atom. The lowest BCUT2D eigenvalue weighted by atomic mass is 10.2. The summed E-state index contributed by atoms with van der Waals surface area (Å²) in [4.78, 5) is 16.0. The third-order valence-electron chi connectivity index (χ3n) is 2.97. The number of rotatable bonds is 3. The fourth-order valence-corrected chi connectivity index (χ4v) is 2.00. The molecule has 3 N–H and O–H groups in total. The Labute approximate surface area is 115 Å². The van der Waals surface area contributed by atoms with Crippen LogP contribution in [0.2, 0.25) is 0 Å². The molecule has 0 fully saturated rings. The van der Waals surface area contributed by atoms with Crippen LogP contribution in [0, 0.1) is 0 Å². The standard InChI is InChI=1S/C14H13N3O3/c15-10-4-2-6-16-12(10)14(18)17-7-9-3-1-5-11-13(9)20-8-19-11/h1-6H,7-8,15H2,(H,17,18). The molecule has 1 aromatic heterocycles. The predicted molar refractivity (Wildman–Crippen MR) is 72.4 cm³/mol. The minimum Gasteiger partial charge on any atom is -0.454 e. The molecule has 2 heterocycles. The van der Waals surface area contributed by atoms with Crippen molar-refractivity contribution in [2.45, 2.75) is 6.54 Å². The molecule has 1 aliphatic heterocycles. The number of nitrogen functional groups attached to an aromatic ring is 1. The van der Waals surface area contributed by atoms with Gasteiger partial charge in [0.15, 0.2) is 17.2 Å². The molecule has 1 amide bonds. The van der Waals surface area contributed by atoms with E-state index in [2.05, 4.69) is 10.3 Å². The number of hydrogen-bond acceptors (Lipinski definition) is 5. The molecule has 3 rings (SSSR count). The second-order valence-electron chi connectivity index (χ2n) is 4.27. The Hall–Kier alpha value is -2.76. The number of benzene rings is 1. The maximum Gasteiger partial charge on any atom is 0.272 e. The fourth-order valence-electron chi connectivity index (χ4n) is 2.00. The first kappa shape index (κ1) is 12.3. The van der Waals surface area contributed by atoms with Crippen LogP contribution >= 0.6 is 0 Å². The molecule has 1 aromatic carbocycles. The number of ether oxygens (including phenoxy) is 2. The highest BCUT2D eigenvalue weighted by molar-refractivity contribution is 5.96. The zero-order valence-corrected chi connectivity index (χ0v) is 10.6. The number of fused-ring (bicyclic) bond motifs is 1. The zero-order chi connectivity index (χ0) is 13.9. The van der Waals surface area contributed by atoms with Gasteiger partial charge in [-0.2, -0.15) is 0 Å². The third kappa shape index (κ3) is 2.23. The number of carbonyl (C=O) groups excluding carboxylic acids is 1. The van der Waals surface area contributed by atoms with Crippen molar-refractivity contribution < 1.29 is 14.3 Å². The van der Waals surface area contributed by atoms with E-state index in [-0.39, 0.29) is 18.4 Å². The molecular formula is C14H13N3O3. The summed E-state index contributed by atoms with van der Waals surface area (Å²) in [7, 11) is 0. The van der Waals surface area contributed by atoms with Crippen LogP contribution in [0.3, 0.4) is 0 Å². The van der Waals surface area contributed by atoms with Gasteiger partial charge >= 0.3 is 0 Å². The van der Waals surface area contributed by atoms with Gasteiger partial charge in [0.1, 0.15) is 0 Å². The molecule has 1 aliphatic rings. The van der Waals surface area contributed by atoms with Crippen LogP contribution in [0.4, 0.5) is 5.69 Å². The maximum absolute atomic E-state index is 12.0. The third-order valence-corrected chi connectivity index (χ3v) is 2.97. The maximum atomic E-state index is 12.0. The van der Waals surface area contributed by atoms with Crippen molar-refractivity contribution >= 4 is 11.6 Å². The highest BCUT2D eigenvalue weighted by atomic mass is 16.7. The molecular weight excluding hydrogens is 258 g/mol. The van der Waals surface area contributed by atoms with Crippen LogP contribution in [-0.4, -0.2) is 17.7 Å². The first-order valence-electron chi connectivity index (χ1n) is 6.12. The molecule has 6 heteroatoms. The minimum atomic E-state index is -0.320. The van der Waals surface area contributed by atoms with Gasteiger partial charge in [-0.3, -0.25) is 4.79 Å². The summed E-state index contributed by atoms with van der Waals surface area (Å²) < 4.78 is 10.7. The molecule has 102 valence electrons. The van der Waals surface area contributed by atoms with E-state index in [1.807, 2.05) is 18.2 Å². The lowest BCUT2D eigenvalue weighted by molar-refractivity contribution is 0.0946. The Balaban J connectivity index is 1.73. The predicted octanol–water partition coefficient (Wildman–Crippen LogP) is 1.32. The van der Waals surface area contributed by atoms with E-state index in [0.29, 0.717) is 23.7 Å². The Morgan fingerprint density at radius 3 is 3.05 bits per heavy atom. The topological polar surface area (TPSA) is 86.5 Å². The van der Waals surface area contributed by atoms with Gasteiger partial charge in [-0.15, -0.1) is 0 Å².